The van der Waals surface area contributed by atoms with Gasteiger partial charge in [-0.25, -0.2) is 9.78 Å². The molecule has 6 heteroatoms. The molecule has 2 rings (SSSR count). The van der Waals surface area contributed by atoms with Crippen LogP contribution in [-0.2, 0) is 14.3 Å². The molecule has 1 aromatic heterocycles. The topological polar surface area (TPSA) is 68.7 Å². The number of nitrogens with zero attached hydrogens (tertiary/aromatic N) is 2. The number of aromatic nitrogens is 1. The van der Waals surface area contributed by atoms with Gasteiger partial charge in [0.25, 0.3) is 0 Å². The van der Waals surface area contributed by atoms with Crippen molar-refractivity contribution < 1.29 is 19.1 Å². The first-order chi connectivity index (χ1) is 9.65. The molecule has 1 aliphatic heterocycles. The summed E-state index contributed by atoms with van der Waals surface area (Å²) in [5.41, 5.74) is 1.14. The molecule has 6 nitrogen and oxygen atoms in total. The fraction of sp³-hybridized carbons (Fsp3) is 0.500. The van der Waals surface area contributed by atoms with Crippen molar-refractivity contribution >= 4 is 17.6 Å². The summed E-state index contributed by atoms with van der Waals surface area (Å²) >= 11 is 0. The number of hydrogen-bond acceptors (Lipinski definition) is 6. The summed E-state index contributed by atoms with van der Waals surface area (Å²) in [7, 11) is 2.73. The second-order valence-corrected chi connectivity index (χ2v) is 4.70. The van der Waals surface area contributed by atoms with Crippen LogP contribution in [0.1, 0.15) is 23.3 Å². The van der Waals surface area contributed by atoms with Gasteiger partial charge in [0, 0.05) is 25.0 Å². The Morgan fingerprint density at radius 3 is 2.85 bits per heavy atom. The van der Waals surface area contributed by atoms with Gasteiger partial charge in [0.2, 0.25) is 0 Å². The third kappa shape index (κ3) is 3.07. The molecule has 1 unspecified atom stereocenters. The van der Waals surface area contributed by atoms with Crippen LogP contribution in [0.15, 0.2) is 18.3 Å². The molecule has 108 valence electrons. The SMILES string of the molecule is COC(=O)c1cc(N2CCCC(C(=O)OC)C2)ccn1. The molecule has 1 saturated heterocycles. The quantitative estimate of drug-likeness (QED) is 0.775. The standard InChI is InChI=1S/C14H18N2O4/c1-19-13(17)10-4-3-7-16(9-10)11-5-6-15-12(8-11)14(18)20-2/h5-6,8,10H,3-4,7,9H2,1-2H3. The summed E-state index contributed by atoms with van der Waals surface area (Å²) in [5, 5.41) is 0. The van der Waals surface area contributed by atoms with Gasteiger partial charge in [-0.1, -0.05) is 0 Å². The van der Waals surface area contributed by atoms with Crippen molar-refractivity contribution in [3.05, 3.63) is 24.0 Å². The first kappa shape index (κ1) is 14.3. The van der Waals surface area contributed by atoms with E-state index in [0.29, 0.717) is 6.54 Å². The van der Waals surface area contributed by atoms with E-state index in [0.717, 1.165) is 25.1 Å². The smallest absolute Gasteiger partial charge is 0.356 e. The van der Waals surface area contributed by atoms with Crippen LogP contribution < -0.4 is 4.90 Å². The lowest BCUT2D eigenvalue weighted by Gasteiger charge is -2.33. The van der Waals surface area contributed by atoms with E-state index in [1.807, 2.05) is 6.07 Å². The number of piperidine rings is 1. The second kappa shape index (κ2) is 6.36. The van der Waals surface area contributed by atoms with Gasteiger partial charge >= 0.3 is 11.9 Å². The predicted octanol–water partition coefficient (Wildman–Crippen LogP) is 1.26. The normalized spacial score (nSPS) is 18.5. The van der Waals surface area contributed by atoms with Crippen LogP contribution in [0.4, 0.5) is 5.69 Å². The molecule has 2 heterocycles. The average molecular weight is 278 g/mol. The number of ether oxygens (including phenoxy) is 2. The highest BCUT2D eigenvalue weighted by Crippen LogP contribution is 2.24. The molecule has 0 N–H and O–H groups in total. The van der Waals surface area contributed by atoms with E-state index in [4.69, 9.17) is 4.74 Å². The molecular formula is C14H18N2O4. The minimum absolute atomic E-state index is 0.122. The lowest BCUT2D eigenvalue weighted by atomic mass is 9.98. The minimum atomic E-state index is -0.464. The van der Waals surface area contributed by atoms with Crippen LogP contribution in [0.25, 0.3) is 0 Å². The number of esters is 2. The number of hydrogen-bond donors (Lipinski definition) is 0. The zero-order valence-corrected chi connectivity index (χ0v) is 11.7. The van der Waals surface area contributed by atoms with Gasteiger partial charge in [0.1, 0.15) is 5.69 Å². The van der Waals surface area contributed by atoms with E-state index in [9.17, 15) is 9.59 Å². The Morgan fingerprint density at radius 1 is 1.35 bits per heavy atom. The molecule has 1 aliphatic rings. The Kier molecular flexibility index (Phi) is 4.55. The zero-order chi connectivity index (χ0) is 14.5. The third-order valence-corrected chi connectivity index (χ3v) is 3.46. The van der Waals surface area contributed by atoms with E-state index < -0.39 is 5.97 Å². The Balaban J connectivity index is 2.14. The predicted molar refractivity (Wildman–Crippen MR) is 72.5 cm³/mol. The minimum Gasteiger partial charge on any atom is -0.469 e. The Hall–Kier alpha value is -2.11. The number of anilines is 1. The van der Waals surface area contributed by atoms with Gasteiger partial charge in [-0.05, 0) is 25.0 Å². The molecule has 20 heavy (non-hydrogen) atoms. The lowest BCUT2D eigenvalue weighted by Crippen LogP contribution is -2.39. The Bertz CT molecular complexity index is 504. The van der Waals surface area contributed by atoms with Crippen LogP contribution in [0, 0.1) is 5.92 Å². The van der Waals surface area contributed by atoms with Gasteiger partial charge in [0.05, 0.1) is 20.1 Å². The van der Waals surface area contributed by atoms with Crippen molar-refractivity contribution in [2.24, 2.45) is 5.92 Å². The molecule has 0 bridgehead atoms. The highest BCUT2D eigenvalue weighted by Gasteiger charge is 2.27. The van der Waals surface area contributed by atoms with Crippen molar-refractivity contribution in [2.45, 2.75) is 12.8 Å². The highest BCUT2D eigenvalue weighted by molar-refractivity contribution is 5.88. The molecule has 0 saturated carbocycles. The van der Waals surface area contributed by atoms with Gasteiger partial charge in [-0.2, -0.15) is 0 Å². The summed E-state index contributed by atoms with van der Waals surface area (Å²) < 4.78 is 9.46. The Labute approximate surface area is 117 Å². The number of carbonyl (C=O) groups is 2. The number of carbonyl (C=O) groups excluding carboxylic acids is 2. The van der Waals surface area contributed by atoms with Crippen molar-refractivity contribution in [3.8, 4) is 0 Å². The number of pyridine rings is 1. The fourth-order valence-electron chi connectivity index (χ4n) is 2.40. The molecule has 0 radical (unpaired) electrons. The molecule has 0 aromatic carbocycles. The largest absolute Gasteiger partial charge is 0.469 e. The molecule has 1 atom stereocenters. The van der Waals surface area contributed by atoms with Crippen LogP contribution >= 0.6 is 0 Å². The van der Waals surface area contributed by atoms with Crippen LogP contribution in [-0.4, -0.2) is 44.2 Å². The lowest BCUT2D eigenvalue weighted by molar-refractivity contribution is -0.145. The molecule has 0 amide bonds. The summed E-state index contributed by atoms with van der Waals surface area (Å²) in [6.45, 7) is 1.44. The van der Waals surface area contributed by atoms with Crippen molar-refractivity contribution in [1.82, 2.24) is 4.98 Å². The van der Waals surface area contributed by atoms with Gasteiger partial charge in [-0.3, -0.25) is 4.79 Å². The maximum absolute atomic E-state index is 11.6. The number of rotatable bonds is 3. The summed E-state index contributed by atoms with van der Waals surface area (Å²) in [6.07, 6.45) is 3.32. The zero-order valence-electron chi connectivity index (χ0n) is 11.7. The van der Waals surface area contributed by atoms with Crippen molar-refractivity contribution in [3.63, 3.8) is 0 Å². The maximum atomic E-state index is 11.6. The monoisotopic (exact) mass is 278 g/mol. The molecule has 1 fully saturated rings. The number of methoxy groups -OCH3 is 2. The second-order valence-electron chi connectivity index (χ2n) is 4.70. The van der Waals surface area contributed by atoms with E-state index in [2.05, 4.69) is 14.6 Å². The molecule has 0 aliphatic carbocycles. The van der Waals surface area contributed by atoms with E-state index in [1.165, 1.54) is 14.2 Å². The Morgan fingerprint density at radius 2 is 2.15 bits per heavy atom. The van der Waals surface area contributed by atoms with Crippen LogP contribution in [0.3, 0.4) is 0 Å². The summed E-state index contributed by atoms with van der Waals surface area (Å²) in [4.78, 5) is 29.2. The molecule has 1 aromatic rings. The highest BCUT2D eigenvalue weighted by atomic mass is 16.5. The van der Waals surface area contributed by atoms with E-state index in [1.54, 1.807) is 12.3 Å². The van der Waals surface area contributed by atoms with Gasteiger partial charge in [-0.15, -0.1) is 0 Å². The maximum Gasteiger partial charge on any atom is 0.356 e. The summed E-state index contributed by atoms with van der Waals surface area (Å²) in [5.74, 6) is -0.770. The first-order valence-corrected chi connectivity index (χ1v) is 6.53. The van der Waals surface area contributed by atoms with Crippen molar-refractivity contribution in [2.75, 3.05) is 32.2 Å². The molecular weight excluding hydrogens is 260 g/mol. The van der Waals surface area contributed by atoms with Gasteiger partial charge < -0.3 is 14.4 Å². The van der Waals surface area contributed by atoms with Crippen molar-refractivity contribution in [1.29, 1.82) is 0 Å². The van der Waals surface area contributed by atoms with Crippen LogP contribution in [0.5, 0.6) is 0 Å². The summed E-state index contributed by atoms with van der Waals surface area (Å²) in [6, 6.07) is 3.51. The van der Waals surface area contributed by atoms with Crippen LogP contribution in [0.2, 0.25) is 0 Å². The van der Waals surface area contributed by atoms with E-state index in [-0.39, 0.29) is 17.6 Å². The van der Waals surface area contributed by atoms with E-state index >= 15 is 0 Å². The fourth-order valence-corrected chi connectivity index (χ4v) is 2.40. The molecule has 0 spiro atoms. The van der Waals surface area contributed by atoms with Gasteiger partial charge in [0.15, 0.2) is 0 Å². The average Bonchev–Trinajstić information content (AvgIpc) is 2.53. The third-order valence-electron chi connectivity index (χ3n) is 3.46. The first-order valence-electron chi connectivity index (χ1n) is 6.53.